The smallest absolute Gasteiger partial charge is 0.252 e. The van der Waals surface area contributed by atoms with Crippen LogP contribution in [-0.4, -0.2) is 59.5 Å². The van der Waals surface area contributed by atoms with Gasteiger partial charge in [0.2, 0.25) is 0 Å². The van der Waals surface area contributed by atoms with Crippen LogP contribution in [0.1, 0.15) is 24.8 Å². The summed E-state index contributed by atoms with van der Waals surface area (Å²) in [6.45, 7) is 4.00. The number of sulfonamides is 1. The van der Waals surface area contributed by atoms with Crippen LogP contribution in [0.15, 0.2) is 34.1 Å². The monoisotopic (exact) mass is 394 g/mol. The van der Waals surface area contributed by atoms with Gasteiger partial charge in [-0.1, -0.05) is 0 Å². The van der Waals surface area contributed by atoms with Crippen LogP contribution in [0.3, 0.4) is 0 Å². The largest absolute Gasteiger partial charge is 0.340 e. The highest BCUT2D eigenvalue weighted by Crippen LogP contribution is 2.36. The zero-order chi connectivity index (χ0) is 18.4. The minimum atomic E-state index is -3.51. The zero-order valence-corrected chi connectivity index (χ0v) is 16.3. The first-order chi connectivity index (χ1) is 12.4. The fourth-order valence-electron chi connectivity index (χ4n) is 3.71. The molecule has 2 aromatic heterocycles. The Labute approximate surface area is 157 Å². The molecule has 9 heteroatoms. The summed E-state index contributed by atoms with van der Waals surface area (Å²) in [7, 11) is -3.51. The predicted molar refractivity (Wildman–Crippen MR) is 98.4 cm³/mol. The van der Waals surface area contributed by atoms with Crippen molar-refractivity contribution in [2.75, 3.05) is 26.2 Å². The molecule has 1 amide bonds. The maximum absolute atomic E-state index is 13.1. The lowest BCUT2D eigenvalue weighted by molar-refractivity contribution is -0.147. The van der Waals surface area contributed by atoms with Crippen molar-refractivity contribution >= 4 is 27.3 Å². The van der Waals surface area contributed by atoms with Gasteiger partial charge in [0.05, 0.1) is 0 Å². The molecule has 4 heterocycles. The molecule has 4 rings (SSSR count). The van der Waals surface area contributed by atoms with E-state index in [0.29, 0.717) is 30.1 Å². The van der Waals surface area contributed by atoms with Crippen LogP contribution in [0, 0.1) is 6.92 Å². The molecule has 2 aliphatic heterocycles. The molecule has 2 aromatic rings. The molecule has 7 nitrogen and oxygen atoms in total. The number of hydrogen-bond donors (Lipinski definition) is 0. The molecule has 0 aromatic carbocycles. The quantitative estimate of drug-likeness (QED) is 0.790. The Balaban J connectivity index is 1.60. The average Bonchev–Trinajstić information content (AvgIpc) is 3.25. The highest BCUT2D eigenvalue weighted by Gasteiger charge is 2.48. The first-order valence-corrected chi connectivity index (χ1v) is 11.1. The Bertz CT molecular complexity index is 892. The Morgan fingerprint density at radius 1 is 1.23 bits per heavy atom. The van der Waals surface area contributed by atoms with Crippen LogP contribution < -0.4 is 0 Å². The van der Waals surface area contributed by atoms with Crippen molar-refractivity contribution < 1.29 is 13.2 Å². The van der Waals surface area contributed by atoms with Gasteiger partial charge in [0.1, 0.15) is 9.75 Å². The number of thiophene rings is 1. The van der Waals surface area contributed by atoms with Gasteiger partial charge in [-0.2, -0.15) is 9.40 Å². The number of amides is 1. The summed E-state index contributed by atoms with van der Waals surface area (Å²) >= 11 is 1.25. The number of aromatic nitrogens is 2. The van der Waals surface area contributed by atoms with Crippen molar-refractivity contribution in [1.29, 1.82) is 0 Å². The third kappa shape index (κ3) is 2.69. The summed E-state index contributed by atoms with van der Waals surface area (Å²) in [5.74, 6) is 0.0665. The molecule has 0 bridgehead atoms. The summed E-state index contributed by atoms with van der Waals surface area (Å²) < 4.78 is 29.6. The first kappa shape index (κ1) is 17.7. The number of aryl methyl sites for hydroxylation is 1. The van der Waals surface area contributed by atoms with E-state index in [1.165, 1.54) is 15.6 Å². The van der Waals surface area contributed by atoms with Crippen LogP contribution in [0.5, 0.6) is 0 Å². The molecule has 0 atom stereocenters. The summed E-state index contributed by atoms with van der Waals surface area (Å²) in [6.07, 6.45) is 5.38. The normalized spacial score (nSPS) is 20.7. The third-order valence-corrected chi connectivity index (χ3v) is 8.99. The van der Waals surface area contributed by atoms with Crippen molar-refractivity contribution in [3.05, 3.63) is 35.5 Å². The Morgan fingerprint density at radius 2 is 1.96 bits per heavy atom. The molecule has 2 saturated heterocycles. The molecule has 0 spiro atoms. The Kier molecular flexibility index (Phi) is 4.40. The molecule has 0 radical (unpaired) electrons. The molecule has 0 aliphatic carbocycles. The number of likely N-dealkylation sites (tertiary alicyclic amines) is 1. The SMILES string of the molecule is Cc1ccsc1S(=O)(=O)N1CCC(C(=O)N2CCC2)(n2cccn2)CC1. The van der Waals surface area contributed by atoms with Gasteiger partial charge in [-0.3, -0.25) is 9.48 Å². The first-order valence-electron chi connectivity index (χ1n) is 8.79. The number of hydrogen-bond acceptors (Lipinski definition) is 5. The van der Waals surface area contributed by atoms with E-state index in [1.54, 1.807) is 16.3 Å². The molecule has 140 valence electrons. The average molecular weight is 395 g/mol. The lowest BCUT2D eigenvalue weighted by Crippen LogP contribution is -2.59. The topological polar surface area (TPSA) is 75.5 Å². The van der Waals surface area contributed by atoms with Crippen LogP contribution >= 0.6 is 11.3 Å². The van der Waals surface area contributed by atoms with Crippen molar-refractivity contribution in [1.82, 2.24) is 19.0 Å². The highest BCUT2D eigenvalue weighted by molar-refractivity contribution is 7.91. The number of rotatable bonds is 4. The minimum Gasteiger partial charge on any atom is -0.340 e. The van der Waals surface area contributed by atoms with Crippen LogP contribution in [-0.2, 0) is 20.4 Å². The van der Waals surface area contributed by atoms with Crippen LogP contribution in [0.25, 0.3) is 0 Å². The second-order valence-corrected chi connectivity index (χ2v) is 9.97. The van der Waals surface area contributed by atoms with Gasteiger partial charge in [0.15, 0.2) is 0 Å². The minimum absolute atomic E-state index is 0.0665. The summed E-state index contributed by atoms with van der Waals surface area (Å²) in [5, 5.41) is 6.13. The number of carbonyl (C=O) groups excluding carboxylic acids is 1. The molecule has 0 saturated carbocycles. The predicted octanol–water partition coefficient (Wildman–Crippen LogP) is 1.67. The maximum Gasteiger partial charge on any atom is 0.252 e. The van der Waals surface area contributed by atoms with Gasteiger partial charge in [-0.05, 0) is 49.3 Å². The van der Waals surface area contributed by atoms with Gasteiger partial charge in [0, 0.05) is 38.6 Å². The fraction of sp³-hybridized carbons (Fsp3) is 0.529. The second-order valence-electron chi connectivity index (χ2n) is 6.92. The lowest BCUT2D eigenvalue weighted by atomic mass is 9.86. The van der Waals surface area contributed by atoms with Crippen molar-refractivity contribution in [2.24, 2.45) is 0 Å². The molecule has 0 N–H and O–H groups in total. The van der Waals surface area contributed by atoms with E-state index in [9.17, 15) is 13.2 Å². The summed E-state index contributed by atoms with van der Waals surface area (Å²) in [6, 6.07) is 3.63. The van der Waals surface area contributed by atoms with Gasteiger partial charge < -0.3 is 4.90 Å². The summed E-state index contributed by atoms with van der Waals surface area (Å²) in [4.78, 5) is 15.0. The molecule has 2 fully saturated rings. The van der Waals surface area contributed by atoms with Gasteiger partial charge in [-0.15, -0.1) is 11.3 Å². The second kappa shape index (κ2) is 6.47. The maximum atomic E-state index is 13.1. The number of carbonyl (C=O) groups is 1. The van der Waals surface area contributed by atoms with E-state index in [4.69, 9.17) is 0 Å². The van der Waals surface area contributed by atoms with E-state index in [2.05, 4.69) is 5.10 Å². The Hall–Kier alpha value is -1.71. The van der Waals surface area contributed by atoms with E-state index < -0.39 is 15.6 Å². The molecule has 26 heavy (non-hydrogen) atoms. The van der Waals surface area contributed by atoms with E-state index in [1.807, 2.05) is 30.2 Å². The van der Waals surface area contributed by atoms with Crippen molar-refractivity contribution in [2.45, 2.75) is 35.9 Å². The molecular formula is C17H22N4O3S2. The molecule has 2 aliphatic rings. The lowest BCUT2D eigenvalue weighted by Gasteiger charge is -2.45. The van der Waals surface area contributed by atoms with E-state index >= 15 is 0 Å². The fourth-order valence-corrected chi connectivity index (χ4v) is 6.71. The van der Waals surface area contributed by atoms with Crippen LogP contribution in [0.4, 0.5) is 0 Å². The van der Waals surface area contributed by atoms with Gasteiger partial charge in [0.25, 0.3) is 15.9 Å². The summed E-state index contributed by atoms with van der Waals surface area (Å²) in [5.41, 5.74) is -0.00367. The number of piperidine rings is 1. The standard InChI is InChI=1S/C17H22N4O3S2/c1-14-4-13-25-15(14)26(23,24)20-11-5-17(6-12-20,21-10-2-7-18-21)16(22)19-8-3-9-19/h2,4,7,10,13H,3,5-6,8-9,11-12H2,1H3. The van der Waals surface area contributed by atoms with Gasteiger partial charge in [-0.25, -0.2) is 8.42 Å². The third-order valence-electron chi connectivity index (χ3n) is 5.42. The van der Waals surface area contributed by atoms with E-state index in [-0.39, 0.29) is 5.91 Å². The van der Waals surface area contributed by atoms with E-state index in [0.717, 1.165) is 25.1 Å². The Morgan fingerprint density at radius 3 is 2.46 bits per heavy atom. The van der Waals surface area contributed by atoms with Crippen LogP contribution in [0.2, 0.25) is 0 Å². The molecular weight excluding hydrogens is 372 g/mol. The van der Waals surface area contributed by atoms with Gasteiger partial charge >= 0.3 is 0 Å². The highest BCUT2D eigenvalue weighted by atomic mass is 32.2. The molecule has 0 unspecified atom stereocenters. The number of nitrogens with zero attached hydrogens (tertiary/aromatic N) is 4. The van der Waals surface area contributed by atoms with Crippen molar-refractivity contribution in [3.63, 3.8) is 0 Å². The zero-order valence-electron chi connectivity index (χ0n) is 14.7. The van der Waals surface area contributed by atoms with Crippen molar-refractivity contribution in [3.8, 4) is 0 Å².